The van der Waals surface area contributed by atoms with Gasteiger partial charge in [0.2, 0.25) is 5.91 Å². The molecule has 1 amide bonds. The van der Waals surface area contributed by atoms with Crippen molar-refractivity contribution in [2.75, 3.05) is 12.4 Å². The van der Waals surface area contributed by atoms with E-state index in [0.717, 1.165) is 24.2 Å². The van der Waals surface area contributed by atoms with E-state index >= 15 is 0 Å². The highest BCUT2D eigenvalue weighted by Gasteiger charge is 2.27. The van der Waals surface area contributed by atoms with Crippen LogP contribution in [0.4, 0.5) is 0 Å². The van der Waals surface area contributed by atoms with E-state index in [-0.39, 0.29) is 17.8 Å². The molecule has 0 aliphatic heterocycles. The van der Waals surface area contributed by atoms with E-state index in [4.69, 9.17) is 4.74 Å². The summed E-state index contributed by atoms with van der Waals surface area (Å²) in [6.07, 6.45) is 4.33. The Morgan fingerprint density at radius 2 is 2.00 bits per heavy atom. The Balaban J connectivity index is 1.89. The molecule has 1 N–H and O–H groups in total. The molecule has 1 aromatic rings. The molecule has 5 heteroatoms. The average Bonchev–Trinajstić information content (AvgIpc) is 3.05. The Bertz CT molecular complexity index is 588. The number of esters is 1. The molecule has 1 aliphatic rings. The van der Waals surface area contributed by atoms with E-state index < -0.39 is 6.04 Å². The van der Waals surface area contributed by atoms with E-state index in [2.05, 4.69) is 23.5 Å². The second-order valence-electron chi connectivity index (χ2n) is 6.26. The van der Waals surface area contributed by atoms with Gasteiger partial charge in [-0.15, -0.1) is 11.8 Å². The summed E-state index contributed by atoms with van der Waals surface area (Å²) in [7, 11) is 0. The minimum absolute atomic E-state index is 0.0537. The van der Waals surface area contributed by atoms with Crippen LogP contribution in [0.15, 0.2) is 23.1 Å². The number of carbonyl (C=O) groups is 2. The van der Waals surface area contributed by atoms with Crippen molar-refractivity contribution >= 4 is 23.6 Å². The molecule has 4 nitrogen and oxygen atoms in total. The van der Waals surface area contributed by atoms with E-state index in [1.165, 1.54) is 29.3 Å². The molecule has 2 rings (SSSR count). The smallest absolute Gasteiger partial charge is 0.328 e. The number of amides is 1. The molecule has 0 spiro atoms. The van der Waals surface area contributed by atoms with Crippen molar-refractivity contribution in [3.8, 4) is 0 Å². The number of ether oxygens (including phenoxy) is 1. The molecular formula is C19H27NO3S. The van der Waals surface area contributed by atoms with Crippen LogP contribution >= 0.6 is 11.8 Å². The first kappa shape index (κ1) is 18.8. The molecule has 0 unspecified atom stereocenters. The van der Waals surface area contributed by atoms with E-state index in [9.17, 15) is 9.59 Å². The number of aryl methyl sites for hydroxylation is 2. The van der Waals surface area contributed by atoms with Crippen molar-refractivity contribution in [2.24, 2.45) is 5.92 Å². The summed E-state index contributed by atoms with van der Waals surface area (Å²) in [5.41, 5.74) is 2.84. The maximum Gasteiger partial charge on any atom is 0.328 e. The van der Waals surface area contributed by atoms with Crippen LogP contribution in [0.5, 0.6) is 0 Å². The van der Waals surface area contributed by atoms with Crippen LogP contribution in [0.2, 0.25) is 0 Å². The van der Waals surface area contributed by atoms with Gasteiger partial charge in [0, 0.05) is 4.90 Å². The highest BCUT2D eigenvalue weighted by atomic mass is 32.2. The number of rotatable bonds is 8. The van der Waals surface area contributed by atoms with Crippen molar-refractivity contribution < 1.29 is 14.3 Å². The topological polar surface area (TPSA) is 55.4 Å². The summed E-state index contributed by atoms with van der Waals surface area (Å²) in [5, 5.41) is 2.84. The number of thioether (sulfide) groups is 1. The third kappa shape index (κ3) is 5.00. The zero-order valence-corrected chi connectivity index (χ0v) is 15.6. The van der Waals surface area contributed by atoms with Crippen LogP contribution in [0.1, 0.15) is 44.7 Å². The van der Waals surface area contributed by atoms with Crippen molar-refractivity contribution in [1.29, 1.82) is 0 Å². The summed E-state index contributed by atoms with van der Waals surface area (Å²) >= 11 is 1.52. The van der Waals surface area contributed by atoms with Gasteiger partial charge in [0.05, 0.1) is 12.4 Å². The lowest BCUT2D eigenvalue weighted by Gasteiger charge is -2.22. The lowest BCUT2D eigenvalue weighted by atomic mass is 9.99. The summed E-state index contributed by atoms with van der Waals surface area (Å²) in [6, 6.07) is 5.88. The highest BCUT2D eigenvalue weighted by molar-refractivity contribution is 8.00. The van der Waals surface area contributed by atoms with E-state index in [0.29, 0.717) is 12.4 Å². The number of carbonyl (C=O) groups excluding carboxylic acids is 2. The van der Waals surface area contributed by atoms with Crippen LogP contribution in [-0.4, -0.2) is 30.3 Å². The van der Waals surface area contributed by atoms with E-state index in [1.807, 2.05) is 13.8 Å². The molecule has 0 heterocycles. The zero-order chi connectivity index (χ0) is 17.5. The standard InChI is InChI=1S/C19H27NO3S/c1-4-13(3)18(19(22)23-5-2)20-17(21)12-24-16-10-9-14-7-6-8-15(14)11-16/h9-11,13,18H,4-8,12H2,1-3H3,(H,20,21)/t13-,18-/m1/s1. The van der Waals surface area contributed by atoms with Gasteiger partial charge in [-0.1, -0.05) is 26.3 Å². The van der Waals surface area contributed by atoms with Gasteiger partial charge in [-0.2, -0.15) is 0 Å². The van der Waals surface area contributed by atoms with Crippen LogP contribution in [-0.2, 0) is 27.2 Å². The van der Waals surface area contributed by atoms with Gasteiger partial charge in [0.25, 0.3) is 0 Å². The fourth-order valence-corrected chi connectivity index (χ4v) is 3.67. The van der Waals surface area contributed by atoms with Gasteiger partial charge in [0.1, 0.15) is 6.04 Å². The Morgan fingerprint density at radius 3 is 2.71 bits per heavy atom. The van der Waals surface area contributed by atoms with Gasteiger partial charge in [-0.3, -0.25) is 4.79 Å². The predicted octanol–water partition coefficient (Wildman–Crippen LogP) is 3.36. The zero-order valence-electron chi connectivity index (χ0n) is 14.8. The van der Waals surface area contributed by atoms with Gasteiger partial charge in [0.15, 0.2) is 0 Å². The molecule has 0 fully saturated rings. The van der Waals surface area contributed by atoms with Gasteiger partial charge >= 0.3 is 5.97 Å². The number of hydrogen-bond acceptors (Lipinski definition) is 4. The summed E-state index contributed by atoms with van der Waals surface area (Å²) in [5.74, 6) is -0.106. The van der Waals surface area contributed by atoms with Crippen LogP contribution in [0.25, 0.3) is 0 Å². The molecule has 132 valence electrons. The third-order valence-corrected chi connectivity index (χ3v) is 5.50. The largest absolute Gasteiger partial charge is 0.464 e. The minimum atomic E-state index is -0.567. The summed E-state index contributed by atoms with van der Waals surface area (Å²) in [6.45, 7) is 6.06. The van der Waals surface area contributed by atoms with Crippen LogP contribution in [0, 0.1) is 5.92 Å². The minimum Gasteiger partial charge on any atom is -0.464 e. The second kappa shape index (κ2) is 9.11. The molecule has 0 radical (unpaired) electrons. The molecule has 0 saturated heterocycles. The first-order chi connectivity index (χ1) is 11.5. The molecule has 0 bridgehead atoms. The van der Waals surface area contributed by atoms with Crippen molar-refractivity contribution in [3.63, 3.8) is 0 Å². The first-order valence-corrected chi connectivity index (χ1v) is 9.74. The second-order valence-corrected chi connectivity index (χ2v) is 7.30. The Kier molecular flexibility index (Phi) is 7.16. The van der Waals surface area contributed by atoms with Crippen molar-refractivity contribution in [2.45, 2.75) is 57.4 Å². The van der Waals surface area contributed by atoms with Gasteiger partial charge in [-0.05, 0) is 55.4 Å². The maximum atomic E-state index is 12.2. The lowest BCUT2D eigenvalue weighted by Crippen LogP contribution is -2.46. The quantitative estimate of drug-likeness (QED) is 0.577. The molecule has 1 aromatic carbocycles. The Labute approximate surface area is 148 Å². The fraction of sp³-hybridized carbons (Fsp3) is 0.579. The summed E-state index contributed by atoms with van der Waals surface area (Å²) < 4.78 is 5.08. The van der Waals surface area contributed by atoms with Crippen molar-refractivity contribution in [1.82, 2.24) is 5.32 Å². The lowest BCUT2D eigenvalue weighted by molar-refractivity contribution is -0.148. The normalized spacial score (nSPS) is 15.5. The molecule has 24 heavy (non-hydrogen) atoms. The Hall–Kier alpha value is -1.49. The molecule has 1 aliphatic carbocycles. The third-order valence-electron chi connectivity index (χ3n) is 4.51. The number of benzene rings is 1. The van der Waals surface area contributed by atoms with Gasteiger partial charge in [-0.25, -0.2) is 4.79 Å². The maximum absolute atomic E-state index is 12.2. The van der Waals surface area contributed by atoms with Gasteiger partial charge < -0.3 is 10.1 Å². The monoisotopic (exact) mass is 349 g/mol. The fourth-order valence-electron chi connectivity index (χ4n) is 2.90. The first-order valence-electron chi connectivity index (χ1n) is 8.75. The molecular weight excluding hydrogens is 322 g/mol. The molecule has 0 aromatic heterocycles. The highest BCUT2D eigenvalue weighted by Crippen LogP contribution is 2.27. The SMILES string of the molecule is CCOC(=O)[C@H](NC(=O)CSc1ccc2c(c1)CCC2)[C@H](C)CC. The number of nitrogens with one attached hydrogen (secondary N) is 1. The van der Waals surface area contributed by atoms with Crippen molar-refractivity contribution in [3.05, 3.63) is 29.3 Å². The number of fused-ring (bicyclic) bond motifs is 1. The predicted molar refractivity (Wildman–Crippen MR) is 97.2 cm³/mol. The van der Waals surface area contributed by atoms with E-state index in [1.54, 1.807) is 6.92 Å². The van der Waals surface area contributed by atoms with Crippen LogP contribution < -0.4 is 5.32 Å². The molecule has 0 saturated carbocycles. The summed E-state index contributed by atoms with van der Waals surface area (Å²) in [4.78, 5) is 25.4. The van der Waals surface area contributed by atoms with Crippen LogP contribution in [0.3, 0.4) is 0 Å². The molecule has 2 atom stereocenters. The average molecular weight is 349 g/mol. The Morgan fingerprint density at radius 1 is 1.25 bits per heavy atom. The number of hydrogen-bond donors (Lipinski definition) is 1.